The Balaban J connectivity index is 0.000000237. The monoisotopic (exact) mass is 380 g/mol. The second kappa shape index (κ2) is 11.5. The molecule has 0 saturated carbocycles. The topological polar surface area (TPSA) is 15.3 Å². The predicted molar refractivity (Wildman–Crippen MR) is 113 cm³/mol. The quantitative estimate of drug-likeness (QED) is 0.487. The highest BCUT2D eigenvalue weighted by molar-refractivity contribution is 6.42. The molecule has 0 saturated heterocycles. The SMILES string of the molecule is C=CC=C.CC1=CCCNC1.C[C@@H]1CN(C)Cc2cc(Cl)c(Cl)cc21. The molecule has 0 amide bonds. The number of fused-ring (bicyclic) bond motifs is 1. The smallest absolute Gasteiger partial charge is 0.0595 e. The number of allylic oxidation sites excluding steroid dienone is 2. The summed E-state index contributed by atoms with van der Waals surface area (Å²) in [6, 6.07) is 4.00. The minimum absolute atomic E-state index is 0.540. The second-order valence-electron chi connectivity index (χ2n) is 6.55. The van der Waals surface area contributed by atoms with Crippen molar-refractivity contribution in [1.82, 2.24) is 10.2 Å². The van der Waals surface area contributed by atoms with E-state index in [1.807, 2.05) is 12.1 Å². The van der Waals surface area contributed by atoms with Crippen LogP contribution < -0.4 is 5.32 Å². The van der Waals surface area contributed by atoms with E-state index in [0.717, 1.165) is 26.2 Å². The normalized spacial score (nSPS) is 19.2. The second-order valence-corrected chi connectivity index (χ2v) is 7.36. The number of nitrogens with one attached hydrogen (secondary N) is 1. The van der Waals surface area contributed by atoms with E-state index in [-0.39, 0.29) is 0 Å². The summed E-state index contributed by atoms with van der Waals surface area (Å²) in [5.41, 5.74) is 4.13. The molecule has 25 heavy (non-hydrogen) atoms. The van der Waals surface area contributed by atoms with Crippen LogP contribution in [0.3, 0.4) is 0 Å². The Morgan fingerprint density at radius 1 is 1.20 bits per heavy atom. The van der Waals surface area contributed by atoms with Crippen molar-refractivity contribution in [2.75, 3.05) is 26.7 Å². The van der Waals surface area contributed by atoms with Gasteiger partial charge in [-0.2, -0.15) is 0 Å². The minimum Gasteiger partial charge on any atom is -0.313 e. The minimum atomic E-state index is 0.540. The summed E-state index contributed by atoms with van der Waals surface area (Å²) >= 11 is 12.0. The number of hydrogen-bond acceptors (Lipinski definition) is 2. The van der Waals surface area contributed by atoms with Gasteiger partial charge in [-0.3, -0.25) is 0 Å². The maximum atomic E-state index is 6.00. The van der Waals surface area contributed by atoms with E-state index < -0.39 is 0 Å². The first-order valence-corrected chi connectivity index (χ1v) is 9.40. The van der Waals surface area contributed by atoms with Crippen LogP contribution in [0.5, 0.6) is 0 Å². The van der Waals surface area contributed by atoms with Crippen LogP contribution >= 0.6 is 23.2 Å². The Hall–Kier alpha value is -1.06. The number of halogens is 2. The van der Waals surface area contributed by atoms with Crippen LogP contribution in [-0.4, -0.2) is 31.6 Å². The fraction of sp³-hybridized carbons (Fsp3) is 0.429. The lowest BCUT2D eigenvalue weighted by Crippen LogP contribution is -2.29. The zero-order valence-corrected chi connectivity index (χ0v) is 17.1. The van der Waals surface area contributed by atoms with E-state index in [0.29, 0.717) is 16.0 Å². The van der Waals surface area contributed by atoms with Crippen LogP contribution in [0.25, 0.3) is 0 Å². The van der Waals surface area contributed by atoms with Gasteiger partial charge in [0.15, 0.2) is 0 Å². The summed E-state index contributed by atoms with van der Waals surface area (Å²) in [5.74, 6) is 0.540. The molecule has 0 bridgehead atoms. The van der Waals surface area contributed by atoms with E-state index in [4.69, 9.17) is 23.2 Å². The molecule has 2 nitrogen and oxygen atoms in total. The molecule has 2 aliphatic heterocycles. The molecule has 0 unspecified atom stereocenters. The van der Waals surface area contributed by atoms with Gasteiger partial charge in [-0.25, -0.2) is 0 Å². The van der Waals surface area contributed by atoms with Crippen molar-refractivity contribution in [3.8, 4) is 0 Å². The lowest BCUT2D eigenvalue weighted by Gasteiger charge is -2.30. The maximum absolute atomic E-state index is 6.00. The highest BCUT2D eigenvalue weighted by Crippen LogP contribution is 2.33. The molecule has 3 rings (SSSR count). The van der Waals surface area contributed by atoms with Gasteiger partial charge in [0.1, 0.15) is 0 Å². The first-order valence-electron chi connectivity index (χ1n) is 8.65. The lowest BCUT2D eigenvalue weighted by atomic mass is 9.91. The third-order valence-corrected chi connectivity index (χ3v) is 4.85. The van der Waals surface area contributed by atoms with Gasteiger partial charge in [0.25, 0.3) is 0 Å². The first kappa shape index (κ1) is 22.0. The Labute approximate surface area is 163 Å². The molecule has 0 fully saturated rings. The molecule has 0 radical (unpaired) electrons. The molecule has 0 spiro atoms. The van der Waals surface area contributed by atoms with Crippen molar-refractivity contribution < 1.29 is 0 Å². The van der Waals surface area contributed by atoms with E-state index in [9.17, 15) is 0 Å². The molecule has 2 heterocycles. The van der Waals surface area contributed by atoms with Gasteiger partial charge in [0.2, 0.25) is 0 Å². The van der Waals surface area contributed by atoms with Crippen molar-refractivity contribution in [3.05, 3.63) is 70.3 Å². The summed E-state index contributed by atoms with van der Waals surface area (Å²) in [4.78, 5) is 2.30. The van der Waals surface area contributed by atoms with Crippen molar-refractivity contribution in [3.63, 3.8) is 0 Å². The molecular formula is C21H30Cl2N2. The number of hydrogen-bond donors (Lipinski definition) is 1. The lowest BCUT2D eigenvalue weighted by molar-refractivity contribution is 0.288. The van der Waals surface area contributed by atoms with Gasteiger partial charge in [-0.15, -0.1) is 0 Å². The van der Waals surface area contributed by atoms with Gasteiger partial charge in [0, 0.05) is 19.6 Å². The number of likely N-dealkylation sites (N-methyl/N-ethyl adjacent to an activating group) is 1. The van der Waals surface area contributed by atoms with Crippen molar-refractivity contribution in [1.29, 1.82) is 0 Å². The predicted octanol–water partition coefficient (Wildman–Crippen LogP) is 5.83. The van der Waals surface area contributed by atoms with Crippen molar-refractivity contribution >= 4 is 23.2 Å². The Morgan fingerprint density at radius 3 is 2.32 bits per heavy atom. The molecule has 0 aromatic heterocycles. The third kappa shape index (κ3) is 7.79. The summed E-state index contributed by atoms with van der Waals surface area (Å²) in [5, 5.41) is 4.59. The highest BCUT2D eigenvalue weighted by atomic mass is 35.5. The fourth-order valence-electron chi connectivity index (χ4n) is 2.90. The zero-order chi connectivity index (χ0) is 18.8. The van der Waals surface area contributed by atoms with Gasteiger partial charge in [-0.05, 0) is 56.1 Å². The molecule has 138 valence electrons. The standard InChI is InChI=1S/C11H13Cl2N.C6H11N.C4H6/c1-7-5-14(2)6-8-3-10(12)11(13)4-9(7)8;1-6-3-2-4-7-5-6;1-3-4-2/h3-4,7H,5-6H2,1-2H3;3,7H,2,4-5H2,1H3;3-4H,1-2H2/t7-;;/m1../s1. The molecule has 0 aliphatic carbocycles. The van der Waals surface area contributed by atoms with Gasteiger partial charge < -0.3 is 10.2 Å². The van der Waals surface area contributed by atoms with Crippen LogP contribution in [0.1, 0.15) is 37.3 Å². The number of rotatable bonds is 1. The fourth-order valence-corrected chi connectivity index (χ4v) is 3.26. The largest absolute Gasteiger partial charge is 0.313 e. The van der Waals surface area contributed by atoms with Crippen molar-refractivity contribution in [2.45, 2.75) is 32.7 Å². The maximum Gasteiger partial charge on any atom is 0.0595 e. The van der Waals surface area contributed by atoms with Crippen LogP contribution in [0.2, 0.25) is 10.0 Å². The first-order chi connectivity index (χ1) is 11.9. The molecule has 1 atom stereocenters. The highest BCUT2D eigenvalue weighted by Gasteiger charge is 2.20. The summed E-state index contributed by atoms with van der Waals surface area (Å²) in [6.45, 7) is 15.4. The molecule has 4 heteroatoms. The summed E-state index contributed by atoms with van der Waals surface area (Å²) < 4.78 is 0. The molecule has 2 aliphatic rings. The van der Waals surface area contributed by atoms with E-state index in [2.05, 4.69) is 50.3 Å². The molecular weight excluding hydrogens is 351 g/mol. The average molecular weight is 381 g/mol. The van der Waals surface area contributed by atoms with E-state index >= 15 is 0 Å². The molecule has 1 aromatic rings. The molecule has 1 N–H and O–H groups in total. The summed E-state index contributed by atoms with van der Waals surface area (Å²) in [6.07, 6.45) is 6.78. The van der Waals surface area contributed by atoms with Gasteiger partial charge >= 0.3 is 0 Å². The number of nitrogens with zero attached hydrogens (tertiary/aromatic N) is 1. The third-order valence-electron chi connectivity index (χ3n) is 4.12. The van der Waals surface area contributed by atoms with Crippen LogP contribution in [0.4, 0.5) is 0 Å². The Morgan fingerprint density at radius 2 is 1.84 bits per heavy atom. The average Bonchev–Trinajstić information content (AvgIpc) is 2.58. The Kier molecular flexibility index (Phi) is 10.1. The van der Waals surface area contributed by atoms with E-state index in [1.165, 1.54) is 23.1 Å². The summed E-state index contributed by atoms with van der Waals surface area (Å²) in [7, 11) is 2.13. The van der Waals surface area contributed by atoms with Crippen molar-refractivity contribution in [2.24, 2.45) is 0 Å². The zero-order valence-electron chi connectivity index (χ0n) is 15.6. The Bertz CT molecular complexity index is 602. The van der Waals surface area contributed by atoms with E-state index in [1.54, 1.807) is 12.2 Å². The van der Waals surface area contributed by atoms with Gasteiger partial charge in [-0.1, -0.05) is 67.1 Å². The molecule has 1 aromatic carbocycles. The number of benzene rings is 1. The van der Waals surface area contributed by atoms with Crippen LogP contribution in [0, 0.1) is 0 Å². The van der Waals surface area contributed by atoms with Crippen LogP contribution in [-0.2, 0) is 6.54 Å². The van der Waals surface area contributed by atoms with Crippen LogP contribution in [0.15, 0.2) is 49.1 Å². The van der Waals surface area contributed by atoms with Gasteiger partial charge in [0.05, 0.1) is 10.0 Å².